The van der Waals surface area contributed by atoms with Crippen LogP contribution in [0.2, 0.25) is 0 Å². The molecule has 2 unspecified atom stereocenters. The molecular formula is C16H22N2O. The SMILES string of the molecule is NC1CCC(C(=O)NC2CC2c2ccccc2)CC1. The molecule has 2 saturated carbocycles. The van der Waals surface area contributed by atoms with Crippen molar-refractivity contribution < 1.29 is 4.79 Å². The number of benzene rings is 1. The summed E-state index contributed by atoms with van der Waals surface area (Å²) in [6.45, 7) is 0. The van der Waals surface area contributed by atoms with Crippen molar-refractivity contribution in [2.75, 3.05) is 0 Å². The number of carbonyl (C=O) groups excluding carboxylic acids is 1. The smallest absolute Gasteiger partial charge is 0.223 e. The summed E-state index contributed by atoms with van der Waals surface area (Å²) in [4.78, 5) is 12.2. The standard InChI is InChI=1S/C16H22N2O/c17-13-8-6-12(7-9-13)16(19)18-15-10-14(15)11-4-2-1-3-5-11/h1-5,12-15H,6-10,17H2,(H,18,19). The van der Waals surface area contributed by atoms with E-state index in [0.717, 1.165) is 32.1 Å². The fourth-order valence-electron chi connectivity index (χ4n) is 3.11. The first-order chi connectivity index (χ1) is 9.24. The molecule has 0 saturated heterocycles. The maximum atomic E-state index is 12.2. The zero-order valence-electron chi connectivity index (χ0n) is 11.2. The Kier molecular flexibility index (Phi) is 3.56. The lowest BCUT2D eigenvalue weighted by molar-refractivity contribution is -0.126. The van der Waals surface area contributed by atoms with Gasteiger partial charge in [0.05, 0.1) is 0 Å². The first kappa shape index (κ1) is 12.7. The summed E-state index contributed by atoms with van der Waals surface area (Å²) in [7, 11) is 0. The molecule has 1 amide bonds. The van der Waals surface area contributed by atoms with Gasteiger partial charge < -0.3 is 11.1 Å². The zero-order chi connectivity index (χ0) is 13.2. The number of rotatable bonds is 3. The molecule has 0 radical (unpaired) electrons. The van der Waals surface area contributed by atoms with Crippen LogP contribution < -0.4 is 11.1 Å². The molecule has 0 heterocycles. The third kappa shape index (κ3) is 2.98. The second kappa shape index (κ2) is 5.33. The lowest BCUT2D eigenvalue weighted by Crippen LogP contribution is -2.37. The highest BCUT2D eigenvalue weighted by molar-refractivity contribution is 5.79. The summed E-state index contributed by atoms with van der Waals surface area (Å²) in [5.74, 6) is 0.961. The van der Waals surface area contributed by atoms with Gasteiger partial charge >= 0.3 is 0 Å². The lowest BCUT2D eigenvalue weighted by atomic mass is 9.86. The van der Waals surface area contributed by atoms with E-state index in [1.807, 2.05) is 6.07 Å². The van der Waals surface area contributed by atoms with E-state index in [4.69, 9.17) is 5.73 Å². The molecular weight excluding hydrogens is 236 g/mol. The van der Waals surface area contributed by atoms with Crippen molar-refractivity contribution in [3.8, 4) is 0 Å². The molecule has 0 spiro atoms. The molecule has 2 aliphatic carbocycles. The summed E-state index contributed by atoms with van der Waals surface area (Å²) in [5, 5.41) is 3.21. The van der Waals surface area contributed by atoms with Gasteiger partial charge in [-0.2, -0.15) is 0 Å². The molecule has 2 atom stereocenters. The maximum Gasteiger partial charge on any atom is 0.223 e. The van der Waals surface area contributed by atoms with Crippen LogP contribution in [-0.2, 0) is 4.79 Å². The molecule has 0 aliphatic heterocycles. The predicted octanol–water partition coefficient (Wildman–Crippen LogP) is 2.18. The minimum Gasteiger partial charge on any atom is -0.352 e. The van der Waals surface area contributed by atoms with Crippen LogP contribution in [0, 0.1) is 5.92 Å². The molecule has 102 valence electrons. The number of amides is 1. The van der Waals surface area contributed by atoms with Crippen LogP contribution in [0.1, 0.15) is 43.6 Å². The van der Waals surface area contributed by atoms with E-state index in [2.05, 4.69) is 29.6 Å². The Morgan fingerprint density at radius 2 is 1.79 bits per heavy atom. The van der Waals surface area contributed by atoms with Crippen LogP contribution in [-0.4, -0.2) is 18.0 Å². The van der Waals surface area contributed by atoms with Crippen molar-refractivity contribution in [1.29, 1.82) is 0 Å². The lowest BCUT2D eigenvalue weighted by Gasteiger charge is -2.25. The average molecular weight is 258 g/mol. The van der Waals surface area contributed by atoms with Gasteiger partial charge in [0.2, 0.25) is 5.91 Å². The Bertz CT molecular complexity index is 437. The van der Waals surface area contributed by atoms with E-state index in [9.17, 15) is 4.79 Å². The Hall–Kier alpha value is -1.35. The van der Waals surface area contributed by atoms with E-state index < -0.39 is 0 Å². The van der Waals surface area contributed by atoms with E-state index in [1.165, 1.54) is 5.56 Å². The second-order valence-electron chi connectivity index (χ2n) is 5.98. The Morgan fingerprint density at radius 1 is 1.11 bits per heavy atom. The predicted molar refractivity (Wildman–Crippen MR) is 75.7 cm³/mol. The summed E-state index contributed by atoms with van der Waals surface area (Å²) in [5.41, 5.74) is 7.22. The van der Waals surface area contributed by atoms with Gasteiger partial charge in [0.1, 0.15) is 0 Å². The average Bonchev–Trinajstić information content (AvgIpc) is 3.20. The Balaban J connectivity index is 1.49. The Labute approximate surface area is 114 Å². The summed E-state index contributed by atoms with van der Waals surface area (Å²) < 4.78 is 0. The van der Waals surface area contributed by atoms with Crippen LogP contribution in [0.3, 0.4) is 0 Å². The summed E-state index contributed by atoms with van der Waals surface area (Å²) in [6, 6.07) is 11.1. The van der Waals surface area contributed by atoms with Crippen molar-refractivity contribution in [3.63, 3.8) is 0 Å². The van der Waals surface area contributed by atoms with Crippen molar-refractivity contribution >= 4 is 5.91 Å². The van der Waals surface area contributed by atoms with Crippen molar-refractivity contribution in [2.24, 2.45) is 11.7 Å². The van der Waals surface area contributed by atoms with Gasteiger partial charge in [-0.1, -0.05) is 30.3 Å². The van der Waals surface area contributed by atoms with E-state index in [0.29, 0.717) is 18.0 Å². The maximum absolute atomic E-state index is 12.2. The molecule has 2 aliphatic rings. The van der Waals surface area contributed by atoms with Gasteiger partial charge in [-0.25, -0.2) is 0 Å². The normalized spacial score (nSPS) is 33.7. The molecule has 19 heavy (non-hydrogen) atoms. The van der Waals surface area contributed by atoms with Crippen LogP contribution in [0.15, 0.2) is 30.3 Å². The highest BCUT2D eigenvalue weighted by Crippen LogP contribution is 2.41. The van der Waals surface area contributed by atoms with Crippen LogP contribution in [0.4, 0.5) is 0 Å². The van der Waals surface area contributed by atoms with Gasteiger partial charge in [0.15, 0.2) is 0 Å². The van der Waals surface area contributed by atoms with Crippen molar-refractivity contribution in [3.05, 3.63) is 35.9 Å². The number of nitrogens with one attached hydrogen (secondary N) is 1. The molecule has 3 N–H and O–H groups in total. The van der Waals surface area contributed by atoms with Gasteiger partial charge in [-0.15, -0.1) is 0 Å². The number of hydrogen-bond donors (Lipinski definition) is 2. The highest BCUT2D eigenvalue weighted by Gasteiger charge is 2.40. The molecule has 3 rings (SSSR count). The topological polar surface area (TPSA) is 55.1 Å². The zero-order valence-corrected chi connectivity index (χ0v) is 11.2. The van der Waals surface area contributed by atoms with Gasteiger partial charge in [0, 0.05) is 23.9 Å². The molecule has 1 aromatic rings. The van der Waals surface area contributed by atoms with E-state index >= 15 is 0 Å². The first-order valence-corrected chi connectivity index (χ1v) is 7.35. The second-order valence-corrected chi connectivity index (χ2v) is 5.98. The summed E-state index contributed by atoms with van der Waals surface area (Å²) in [6.07, 6.45) is 4.98. The number of nitrogens with two attached hydrogens (primary N) is 1. The Morgan fingerprint density at radius 3 is 2.47 bits per heavy atom. The van der Waals surface area contributed by atoms with E-state index in [1.54, 1.807) is 0 Å². The highest BCUT2D eigenvalue weighted by atomic mass is 16.2. The number of carbonyl (C=O) groups is 1. The van der Waals surface area contributed by atoms with Crippen LogP contribution in [0.5, 0.6) is 0 Å². The minimum absolute atomic E-state index is 0.192. The molecule has 0 aromatic heterocycles. The minimum atomic E-state index is 0.192. The largest absolute Gasteiger partial charge is 0.352 e. The summed E-state index contributed by atoms with van der Waals surface area (Å²) >= 11 is 0. The molecule has 2 fully saturated rings. The fraction of sp³-hybridized carbons (Fsp3) is 0.562. The van der Waals surface area contributed by atoms with Crippen LogP contribution in [0.25, 0.3) is 0 Å². The van der Waals surface area contributed by atoms with E-state index in [-0.39, 0.29) is 11.8 Å². The van der Waals surface area contributed by atoms with Gasteiger partial charge in [-0.3, -0.25) is 4.79 Å². The number of hydrogen-bond acceptors (Lipinski definition) is 2. The monoisotopic (exact) mass is 258 g/mol. The molecule has 0 bridgehead atoms. The first-order valence-electron chi connectivity index (χ1n) is 7.35. The fourth-order valence-corrected chi connectivity index (χ4v) is 3.11. The van der Waals surface area contributed by atoms with Crippen molar-refractivity contribution in [1.82, 2.24) is 5.32 Å². The van der Waals surface area contributed by atoms with Crippen molar-refractivity contribution in [2.45, 2.75) is 50.1 Å². The molecule has 3 heteroatoms. The third-order valence-electron chi connectivity index (χ3n) is 4.49. The van der Waals surface area contributed by atoms with Crippen LogP contribution >= 0.6 is 0 Å². The quantitative estimate of drug-likeness (QED) is 0.873. The van der Waals surface area contributed by atoms with Gasteiger partial charge in [-0.05, 0) is 37.7 Å². The third-order valence-corrected chi connectivity index (χ3v) is 4.49. The molecule has 3 nitrogen and oxygen atoms in total. The molecule has 1 aromatic carbocycles. The van der Waals surface area contributed by atoms with Gasteiger partial charge in [0.25, 0.3) is 0 Å².